The summed E-state index contributed by atoms with van der Waals surface area (Å²) in [5.41, 5.74) is 5.81. The Balaban J connectivity index is 2.02. The van der Waals surface area contributed by atoms with E-state index in [9.17, 15) is 9.59 Å². The summed E-state index contributed by atoms with van der Waals surface area (Å²) in [7, 11) is 0. The van der Waals surface area contributed by atoms with E-state index in [1.54, 1.807) is 24.3 Å². The zero-order chi connectivity index (χ0) is 14.6. The fourth-order valence-electron chi connectivity index (χ4n) is 2.04. The molecule has 3 amide bonds. The Morgan fingerprint density at radius 2 is 2.00 bits per heavy atom. The van der Waals surface area contributed by atoms with E-state index in [0.29, 0.717) is 25.3 Å². The summed E-state index contributed by atoms with van der Waals surface area (Å²) >= 11 is 0. The average molecular weight is 277 g/mol. The van der Waals surface area contributed by atoms with Gasteiger partial charge in [0.05, 0.1) is 13.2 Å². The van der Waals surface area contributed by atoms with Gasteiger partial charge in [-0.3, -0.25) is 4.79 Å². The molecular weight excluding hydrogens is 258 g/mol. The standard InChI is InChI=1S/C14H19N3O3/c1-14(8-20-9-14)7-16-12(18)11(17-13(15)19)10-5-3-2-4-6-10/h2-6,11H,7-9H2,1H3,(H,16,18)(H3,15,17,19). The van der Waals surface area contributed by atoms with Crippen LogP contribution < -0.4 is 16.4 Å². The minimum Gasteiger partial charge on any atom is -0.380 e. The predicted molar refractivity (Wildman–Crippen MR) is 73.8 cm³/mol. The number of primary amides is 1. The summed E-state index contributed by atoms with van der Waals surface area (Å²) in [5.74, 6) is -0.275. The number of carbonyl (C=O) groups is 2. The first-order chi connectivity index (χ1) is 9.50. The number of nitrogens with one attached hydrogen (secondary N) is 2. The van der Waals surface area contributed by atoms with Gasteiger partial charge in [0.15, 0.2) is 0 Å². The van der Waals surface area contributed by atoms with Crippen LogP contribution in [-0.4, -0.2) is 31.7 Å². The summed E-state index contributed by atoms with van der Waals surface area (Å²) in [5, 5.41) is 5.30. The Bertz CT molecular complexity index is 486. The van der Waals surface area contributed by atoms with Crippen molar-refractivity contribution in [1.82, 2.24) is 10.6 Å². The van der Waals surface area contributed by atoms with Gasteiger partial charge in [0.25, 0.3) is 0 Å². The number of amides is 3. The molecule has 1 heterocycles. The van der Waals surface area contributed by atoms with Crippen molar-refractivity contribution in [2.75, 3.05) is 19.8 Å². The van der Waals surface area contributed by atoms with E-state index < -0.39 is 12.1 Å². The summed E-state index contributed by atoms with van der Waals surface area (Å²) in [6, 6.07) is 7.49. The van der Waals surface area contributed by atoms with Crippen LogP contribution in [0, 0.1) is 5.41 Å². The van der Waals surface area contributed by atoms with Gasteiger partial charge >= 0.3 is 6.03 Å². The third kappa shape index (κ3) is 3.48. The van der Waals surface area contributed by atoms with Gasteiger partial charge in [0, 0.05) is 12.0 Å². The van der Waals surface area contributed by atoms with Gasteiger partial charge in [-0.1, -0.05) is 37.3 Å². The van der Waals surface area contributed by atoms with Gasteiger partial charge in [-0.15, -0.1) is 0 Å². The second-order valence-corrected chi connectivity index (χ2v) is 5.37. The van der Waals surface area contributed by atoms with E-state index in [2.05, 4.69) is 10.6 Å². The van der Waals surface area contributed by atoms with Crippen LogP contribution in [0.5, 0.6) is 0 Å². The van der Waals surface area contributed by atoms with Crippen molar-refractivity contribution in [3.63, 3.8) is 0 Å². The third-order valence-corrected chi connectivity index (χ3v) is 3.27. The summed E-state index contributed by atoms with van der Waals surface area (Å²) in [6.07, 6.45) is 0. The van der Waals surface area contributed by atoms with Gasteiger partial charge in [-0.05, 0) is 5.56 Å². The fourth-order valence-corrected chi connectivity index (χ4v) is 2.04. The van der Waals surface area contributed by atoms with Crippen LogP contribution in [-0.2, 0) is 9.53 Å². The molecule has 1 fully saturated rings. The molecule has 0 aliphatic carbocycles. The Morgan fingerprint density at radius 3 is 2.50 bits per heavy atom. The number of urea groups is 1. The molecule has 4 N–H and O–H groups in total. The van der Waals surface area contributed by atoms with Crippen LogP contribution in [0.1, 0.15) is 18.5 Å². The lowest BCUT2D eigenvalue weighted by molar-refractivity contribution is -0.128. The van der Waals surface area contributed by atoms with E-state index in [1.807, 2.05) is 13.0 Å². The molecule has 1 aromatic carbocycles. The average Bonchev–Trinajstić information content (AvgIpc) is 2.41. The van der Waals surface area contributed by atoms with E-state index in [0.717, 1.165) is 0 Å². The van der Waals surface area contributed by atoms with Crippen molar-refractivity contribution in [3.8, 4) is 0 Å². The first-order valence-electron chi connectivity index (χ1n) is 6.47. The maximum Gasteiger partial charge on any atom is 0.313 e. The molecular formula is C14H19N3O3. The van der Waals surface area contributed by atoms with Crippen LogP contribution in [0.15, 0.2) is 30.3 Å². The van der Waals surface area contributed by atoms with Gasteiger partial charge in [-0.25, -0.2) is 4.79 Å². The van der Waals surface area contributed by atoms with Crippen LogP contribution >= 0.6 is 0 Å². The molecule has 1 aromatic rings. The maximum atomic E-state index is 12.2. The Morgan fingerprint density at radius 1 is 1.35 bits per heavy atom. The molecule has 6 heteroatoms. The number of carbonyl (C=O) groups excluding carboxylic acids is 2. The molecule has 1 aliphatic heterocycles. The maximum absolute atomic E-state index is 12.2. The van der Waals surface area contributed by atoms with Crippen molar-refractivity contribution < 1.29 is 14.3 Å². The number of hydrogen-bond acceptors (Lipinski definition) is 3. The van der Waals surface area contributed by atoms with Crippen molar-refractivity contribution in [2.24, 2.45) is 11.1 Å². The van der Waals surface area contributed by atoms with Crippen molar-refractivity contribution in [2.45, 2.75) is 13.0 Å². The third-order valence-electron chi connectivity index (χ3n) is 3.27. The predicted octanol–water partition coefficient (Wildman–Crippen LogP) is 0.549. The number of benzene rings is 1. The van der Waals surface area contributed by atoms with E-state index >= 15 is 0 Å². The topological polar surface area (TPSA) is 93.5 Å². The number of hydrogen-bond donors (Lipinski definition) is 3. The Hall–Kier alpha value is -2.08. The second-order valence-electron chi connectivity index (χ2n) is 5.37. The second kappa shape index (κ2) is 5.92. The molecule has 0 bridgehead atoms. The highest BCUT2D eigenvalue weighted by Gasteiger charge is 2.34. The highest BCUT2D eigenvalue weighted by Crippen LogP contribution is 2.25. The quantitative estimate of drug-likeness (QED) is 0.733. The van der Waals surface area contributed by atoms with E-state index in [4.69, 9.17) is 10.5 Å². The molecule has 0 spiro atoms. The lowest BCUT2D eigenvalue weighted by Crippen LogP contribution is -2.51. The minimum atomic E-state index is -0.779. The summed E-state index contributed by atoms with van der Waals surface area (Å²) in [6.45, 7) is 3.81. The van der Waals surface area contributed by atoms with Crippen molar-refractivity contribution in [1.29, 1.82) is 0 Å². The first kappa shape index (κ1) is 14.3. The van der Waals surface area contributed by atoms with Gasteiger partial charge < -0.3 is 21.1 Å². The number of rotatable bonds is 5. The van der Waals surface area contributed by atoms with Crippen LogP contribution in [0.4, 0.5) is 4.79 Å². The molecule has 1 aliphatic rings. The molecule has 0 radical (unpaired) electrons. The van der Waals surface area contributed by atoms with Crippen molar-refractivity contribution >= 4 is 11.9 Å². The van der Waals surface area contributed by atoms with E-state index in [1.165, 1.54) is 0 Å². The lowest BCUT2D eigenvalue weighted by Gasteiger charge is -2.38. The summed E-state index contributed by atoms with van der Waals surface area (Å²) < 4.78 is 5.14. The number of ether oxygens (including phenoxy) is 1. The molecule has 1 saturated heterocycles. The molecule has 108 valence electrons. The zero-order valence-electron chi connectivity index (χ0n) is 11.4. The molecule has 0 saturated carbocycles. The van der Waals surface area contributed by atoms with Crippen LogP contribution in [0.3, 0.4) is 0 Å². The SMILES string of the molecule is CC1(CNC(=O)C(NC(N)=O)c2ccccc2)COC1. The van der Waals surface area contributed by atoms with Gasteiger partial charge in [-0.2, -0.15) is 0 Å². The number of nitrogens with two attached hydrogens (primary N) is 1. The fraction of sp³-hybridized carbons (Fsp3) is 0.429. The Labute approximate surface area is 117 Å². The van der Waals surface area contributed by atoms with Crippen LogP contribution in [0.2, 0.25) is 0 Å². The largest absolute Gasteiger partial charge is 0.380 e. The molecule has 0 aromatic heterocycles. The summed E-state index contributed by atoms with van der Waals surface area (Å²) in [4.78, 5) is 23.3. The minimum absolute atomic E-state index is 0.0242. The molecule has 2 rings (SSSR count). The molecule has 6 nitrogen and oxygen atoms in total. The highest BCUT2D eigenvalue weighted by atomic mass is 16.5. The lowest BCUT2D eigenvalue weighted by atomic mass is 9.88. The van der Waals surface area contributed by atoms with E-state index in [-0.39, 0.29) is 11.3 Å². The molecule has 1 unspecified atom stereocenters. The normalized spacial score (nSPS) is 17.6. The first-order valence-corrected chi connectivity index (χ1v) is 6.47. The van der Waals surface area contributed by atoms with Gasteiger partial charge in [0.2, 0.25) is 5.91 Å². The van der Waals surface area contributed by atoms with Gasteiger partial charge in [0.1, 0.15) is 6.04 Å². The molecule has 20 heavy (non-hydrogen) atoms. The van der Waals surface area contributed by atoms with Crippen molar-refractivity contribution in [3.05, 3.63) is 35.9 Å². The Kier molecular flexibility index (Phi) is 4.24. The van der Waals surface area contributed by atoms with Crippen LogP contribution in [0.25, 0.3) is 0 Å². The highest BCUT2D eigenvalue weighted by molar-refractivity contribution is 5.87. The smallest absolute Gasteiger partial charge is 0.313 e. The monoisotopic (exact) mass is 277 g/mol. The molecule has 1 atom stereocenters. The zero-order valence-corrected chi connectivity index (χ0v) is 11.4.